The lowest BCUT2D eigenvalue weighted by molar-refractivity contribution is 0.118. The number of hydrogen-bond donors (Lipinski definition) is 1. The molecule has 1 heterocycles. The zero-order valence-corrected chi connectivity index (χ0v) is 7.29. The molecule has 64 valence electrons. The fourth-order valence-corrected chi connectivity index (χ4v) is 0.634. The summed E-state index contributed by atoms with van der Waals surface area (Å²) in [6.07, 6.45) is 2.17. The van der Waals surface area contributed by atoms with Crippen LogP contribution >= 0.6 is 0 Å². The minimum absolute atomic E-state index is 0.587. The lowest BCUT2D eigenvalue weighted by atomic mass is 10.1. The molecule has 0 amide bonds. The van der Waals surface area contributed by atoms with Crippen molar-refractivity contribution in [3.05, 3.63) is 24.2 Å². The Bertz CT molecular complexity index is 285. The Morgan fingerprint density at radius 1 is 1.67 bits per heavy atom. The van der Waals surface area contributed by atoms with Gasteiger partial charge in [-0.15, -0.1) is 0 Å². The first kappa shape index (κ1) is 8.89. The highest BCUT2D eigenvalue weighted by atomic mass is 16.3. The van der Waals surface area contributed by atoms with Crippen LogP contribution < -0.4 is 0 Å². The van der Waals surface area contributed by atoms with E-state index in [1.54, 1.807) is 25.3 Å². The van der Waals surface area contributed by atoms with E-state index in [0.717, 1.165) is 0 Å². The predicted molar refractivity (Wildman–Crippen MR) is 46.5 cm³/mol. The highest BCUT2D eigenvalue weighted by molar-refractivity contribution is 5.27. The van der Waals surface area contributed by atoms with Crippen LogP contribution in [-0.2, 0) is 0 Å². The summed E-state index contributed by atoms with van der Waals surface area (Å²) in [4.78, 5) is 0. The third-order valence-electron chi connectivity index (χ3n) is 1.66. The van der Waals surface area contributed by atoms with E-state index >= 15 is 0 Å². The van der Waals surface area contributed by atoms with Crippen molar-refractivity contribution in [2.45, 2.75) is 25.9 Å². The summed E-state index contributed by atoms with van der Waals surface area (Å²) in [6.45, 7) is 3.57. The number of hydrogen-bond acceptors (Lipinski definition) is 2. The second-order valence-electron chi connectivity index (χ2n) is 2.85. The Morgan fingerprint density at radius 3 is 2.92 bits per heavy atom. The molecule has 0 spiro atoms. The summed E-state index contributed by atoms with van der Waals surface area (Å²) in [5, 5.41) is 9.51. The van der Waals surface area contributed by atoms with Crippen molar-refractivity contribution in [3.63, 3.8) is 0 Å². The molecule has 0 aliphatic rings. The molecule has 1 rings (SSSR count). The van der Waals surface area contributed by atoms with Gasteiger partial charge in [-0.2, -0.15) is 0 Å². The maximum atomic E-state index is 9.51. The Kier molecular flexibility index (Phi) is 2.57. The fourth-order valence-electron chi connectivity index (χ4n) is 0.634. The Morgan fingerprint density at radius 2 is 2.42 bits per heavy atom. The molecule has 0 aromatic carbocycles. The predicted octanol–water partition coefficient (Wildman–Crippen LogP) is 1.79. The van der Waals surface area contributed by atoms with Gasteiger partial charge in [-0.3, -0.25) is 0 Å². The van der Waals surface area contributed by atoms with Crippen molar-refractivity contribution in [2.24, 2.45) is 0 Å². The molecule has 0 radical (unpaired) electrons. The van der Waals surface area contributed by atoms with Gasteiger partial charge in [0.25, 0.3) is 0 Å². The van der Waals surface area contributed by atoms with Crippen molar-refractivity contribution < 1.29 is 9.52 Å². The van der Waals surface area contributed by atoms with Crippen molar-refractivity contribution in [1.82, 2.24) is 0 Å². The summed E-state index contributed by atoms with van der Waals surface area (Å²) < 4.78 is 4.99. The molecule has 1 N–H and O–H groups in total. The van der Waals surface area contributed by atoms with Crippen LogP contribution in [0.25, 0.3) is 0 Å². The smallest absolute Gasteiger partial charge is 0.176 e. The first-order chi connectivity index (χ1) is 5.64. The summed E-state index contributed by atoms with van der Waals surface area (Å²) in [7, 11) is 0. The molecule has 1 aromatic rings. The molecule has 1 unspecified atom stereocenters. The van der Waals surface area contributed by atoms with Crippen molar-refractivity contribution in [2.75, 3.05) is 0 Å². The SMILES string of the molecule is CCC(C)(O)C#Cc1ccco1. The average Bonchev–Trinajstić information content (AvgIpc) is 2.53. The lowest BCUT2D eigenvalue weighted by Gasteiger charge is -2.11. The maximum Gasteiger partial charge on any atom is 0.176 e. The molecule has 0 saturated heterocycles. The van der Waals surface area contributed by atoms with Gasteiger partial charge in [-0.05, 0) is 31.4 Å². The Balaban J connectivity index is 2.72. The first-order valence-electron chi connectivity index (χ1n) is 3.93. The van der Waals surface area contributed by atoms with Crippen LogP contribution in [0.4, 0.5) is 0 Å². The van der Waals surface area contributed by atoms with Gasteiger partial charge in [0.05, 0.1) is 6.26 Å². The molecular weight excluding hydrogens is 152 g/mol. The molecule has 1 aromatic heterocycles. The molecule has 1 atom stereocenters. The monoisotopic (exact) mass is 164 g/mol. The van der Waals surface area contributed by atoms with Crippen LogP contribution in [0.15, 0.2) is 22.8 Å². The lowest BCUT2D eigenvalue weighted by Crippen LogP contribution is -2.19. The molecule has 0 aliphatic heterocycles. The Hall–Kier alpha value is -1.20. The van der Waals surface area contributed by atoms with E-state index in [-0.39, 0.29) is 0 Å². The van der Waals surface area contributed by atoms with E-state index in [9.17, 15) is 5.11 Å². The fraction of sp³-hybridized carbons (Fsp3) is 0.400. The van der Waals surface area contributed by atoms with Crippen molar-refractivity contribution in [3.8, 4) is 11.8 Å². The van der Waals surface area contributed by atoms with Gasteiger partial charge < -0.3 is 9.52 Å². The van der Waals surface area contributed by atoms with Crippen LogP contribution in [0.3, 0.4) is 0 Å². The van der Waals surface area contributed by atoms with E-state index in [0.29, 0.717) is 12.2 Å². The van der Waals surface area contributed by atoms with Crippen LogP contribution in [0, 0.1) is 11.8 Å². The second kappa shape index (κ2) is 3.46. The second-order valence-corrected chi connectivity index (χ2v) is 2.85. The zero-order valence-electron chi connectivity index (χ0n) is 7.29. The number of aliphatic hydroxyl groups is 1. The van der Waals surface area contributed by atoms with Gasteiger partial charge in [-0.1, -0.05) is 12.8 Å². The van der Waals surface area contributed by atoms with Gasteiger partial charge >= 0.3 is 0 Å². The largest absolute Gasteiger partial charge is 0.456 e. The summed E-state index contributed by atoms with van der Waals surface area (Å²) in [5.74, 6) is 6.06. The van der Waals surface area contributed by atoms with Crippen LogP contribution in [0.1, 0.15) is 26.0 Å². The van der Waals surface area contributed by atoms with Gasteiger partial charge in [0.15, 0.2) is 5.76 Å². The van der Waals surface area contributed by atoms with Crippen LogP contribution in [0.5, 0.6) is 0 Å². The quantitative estimate of drug-likeness (QED) is 0.642. The third kappa shape index (κ3) is 2.44. The van der Waals surface area contributed by atoms with Gasteiger partial charge in [0, 0.05) is 0 Å². The van der Waals surface area contributed by atoms with Crippen molar-refractivity contribution >= 4 is 0 Å². The molecule has 2 nitrogen and oxygen atoms in total. The third-order valence-corrected chi connectivity index (χ3v) is 1.66. The zero-order chi connectivity index (χ0) is 9.03. The summed E-state index contributed by atoms with van der Waals surface area (Å²) in [5.41, 5.74) is -0.910. The van der Waals surface area contributed by atoms with E-state index in [1.807, 2.05) is 6.92 Å². The van der Waals surface area contributed by atoms with Crippen molar-refractivity contribution in [1.29, 1.82) is 0 Å². The molecular formula is C10H12O2. The Labute approximate surface area is 72.2 Å². The summed E-state index contributed by atoms with van der Waals surface area (Å²) >= 11 is 0. The van der Waals surface area contributed by atoms with Crippen LogP contribution in [-0.4, -0.2) is 10.7 Å². The maximum absolute atomic E-state index is 9.51. The molecule has 0 fully saturated rings. The van der Waals surface area contributed by atoms with Gasteiger partial charge in [-0.25, -0.2) is 0 Å². The average molecular weight is 164 g/mol. The van der Waals surface area contributed by atoms with E-state index in [2.05, 4.69) is 11.8 Å². The topological polar surface area (TPSA) is 33.4 Å². The minimum Gasteiger partial charge on any atom is -0.456 e. The number of rotatable bonds is 1. The van der Waals surface area contributed by atoms with Crippen LogP contribution in [0.2, 0.25) is 0 Å². The highest BCUT2D eigenvalue weighted by Crippen LogP contribution is 2.06. The summed E-state index contributed by atoms with van der Waals surface area (Å²) in [6, 6.07) is 3.53. The number of furan rings is 1. The molecule has 0 aliphatic carbocycles. The highest BCUT2D eigenvalue weighted by Gasteiger charge is 2.12. The molecule has 0 saturated carbocycles. The molecule has 12 heavy (non-hydrogen) atoms. The first-order valence-corrected chi connectivity index (χ1v) is 3.93. The van der Waals surface area contributed by atoms with Gasteiger partial charge in [0.1, 0.15) is 5.60 Å². The van der Waals surface area contributed by atoms with E-state index in [1.165, 1.54) is 0 Å². The standard InChI is InChI=1S/C10H12O2/c1-3-10(2,11)7-6-9-5-4-8-12-9/h4-5,8,11H,3H2,1-2H3. The van der Waals surface area contributed by atoms with E-state index in [4.69, 9.17) is 4.42 Å². The minimum atomic E-state index is -0.910. The van der Waals surface area contributed by atoms with E-state index < -0.39 is 5.60 Å². The molecule has 0 bridgehead atoms. The van der Waals surface area contributed by atoms with Gasteiger partial charge in [0.2, 0.25) is 0 Å². The normalized spacial score (nSPS) is 14.6. The molecule has 2 heteroatoms.